The maximum Gasteiger partial charge on any atom is 0.123 e. The van der Waals surface area contributed by atoms with E-state index in [1.807, 2.05) is 30.3 Å². The predicted molar refractivity (Wildman–Crippen MR) is 65.1 cm³/mol. The lowest BCUT2D eigenvalue weighted by Crippen LogP contribution is -1.84. The van der Waals surface area contributed by atoms with Crippen LogP contribution in [0.1, 0.15) is 0 Å². The van der Waals surface area contributed by atoms with Crippen LogP contribution in [0.25, 0.3) is 11.1 Å². The first kappa shape index (κ1) is 10.8. The molecule has 0 aliphatic heterocycles. The van der Waals surface area contributed by atoms with E-state index in [-0.39, 0.29) is 5.75 Å². The molecule has 2 nitrogen and oxygen atoms in total. The van der Waals surface area contributed by atoms with E-state index in [9.17, 15) is 5.11 Å². The molecule has 0 bridgehead atoms. The summed E-state index contributed by atoms with van der Waals surface area (Å²) in [5, 5.41) is 10.2. The zero-order chi connectivity index (χ0) is 11.5. The van der Waals surface area contributed by atoms with Crippen LogP contribution in [0, 0.1) is 0 Å². The fourth-order valence-corrected chi connectivity index (χ4v) is 1.64. The Hall–Kier alpha value is -1.67. The van der Waals surface area contributed by atoms with E-state index in [1.54, 1.807) is 19.2 Å². The molecule has 2 aromatic rings. The average Bonchev–Trinajstić information content (AvgIpc) is 2.29. The minimum absolute atomic E-state index is 0.185. The van der Waals surface area contributed by atoms with Crippen molar-refractivity contribution in [1.29, 1.82) is 0 Å². The highest BCUT2D eigenvalue weighted by molar-refractivity contribution is 6.30. The number of rotatable bonds is 2. The third-order valence-corrected chi connectivity index (χ3v) is 2.56. The molecule has 0 unspecified atom stereocenters. The number of halogens is 1. The molecule has 2 rings (SSSR count). The second-order valence-electron chi connectivity index (χ2n) is 3.43. The molecular weight excluding hydrogens is 224 g/mol. The van der Waals surface area contributed by atoms with Gasteiger partial charge in [0.15, 0.2) is 0 Å². The van der Waals surface area contributed by atoms with Crippen molar-refractivity contribution in [1.82, 2.24) is 0 Å². The molecule has 0 aliphatic rings. The predicted octanol–water partition coefficient (Wildman–Crippen LogP) is 3.72. The van der Waals surface area contributed by atoms with Crippen LogP contribution in [-0.4, -0.2) is 12.2 Å². The van der Waals surface area contributed by atoms with Gasteiger partial charge in [-0.15, -0.1) is 0 Å². The van der Waals surface area contributed by atoms with Crippen LogP contribution in [-0.2, 0) is 0 Å². The molecule has 3 heteroatoms. The van der Waals surface area contributed by atoms with Gasteiger partial charge in [0.25, 0.3) is 0 Å². The highest BCUT2D eigenvalue weighted by Crippen LogP contribution is 2.29. The van der Waals surface area contributed by atoms with Crippen molar-refractivity contribution >= 4 is 11.6 Å². The second-order valence-corrected chi connectivity index (χ2v) is 3.86. The Morgan fingerprint density at radius 1 is 1.00 bits per heavy atom. The lowest BCUT2D eigenvalue weighted by Gasteiger charge is -2.06. The number of hydrogen-bond donors (Lipinski definition) is 1. The summed E-state index contributed by atoms with van der Waals surface area (Å²) in [4.78, 5) is 0. The summed E-state index contributed by atoms with van der Waals surface area (Å²) in [6.07, 6.45) is 0. The van der Waals surface area contributed by atoms with Gasteiger partial charge in [0.2, 0.25) is 0 Å². The van der Waals surface area contributed by atoms with Crippen LogP contribution in [0.15, 0.2) is 42.5 Å². The average molecular weight is 235 g/mol. The SMILES string of the molecule is COc1cc(O)cc(-c2ccc(Cl)cc2)c1. The van der Waals surface area contributed by atoms with Gasteiger partial charge in [0.1, 0.15) is 11.5 Å². The largest absolute Gasteiger partial charge is 0.508 e. The summed E-state index contributed by atoms with van der Waals surface area (Å²) in [6, 6.07) is 12.5. The topological polar surface area (TPSA) is 29.5 Å². The normalized spacial score (nSPS) is 10.1. The fourth-order valence-electron chi connectivity index (χ4n) is 1.51. The minimum Gasteiger partial charge on any atom is -0.508 e. The smallest absolute Gasteiger partial charge is 0.123 e. The van der Waals surface area contributed by atoms with Gasteiger partial charge in [-0.3, -0.25) is 0 Å². The zero-order valence-electron chi connectivity index (χ0n) is 8.77. The van der Waals surface area contributed by atoms with Crippen LogP contribution in [0.2, 0.25) is 5.02 Å². The molecule has 0 spiro atoms. The van der Waals surface area contributed by atoms with E-state index < -0.39 is 0 Å². The number of benzene rings is 2. The molecule has 0 heterocycles. The van der Waals surface area contributed by atoms with E-state index in [2.05, 4.69) is 0 Å². The molecule has 0 fully saturated rings. The van der Waals surface area contributed by atoms with Gasteiger partial charge in [-0.25, -0.2) is 0 Å². The molecular formula is C13H11ClO2. The van der Waals surface area contributed by atoms with E-state index in [0.717, 1.165) is 11.1 Å². The molecule has 1 N–H and O–H groups in total. The molecule has 0 atom stereocenters. The highest BCUT2D eigenvalue weighted by Gasteiger charge is 2.02. The number of phenols is 1. The van der Waals surface area contributed by atoms with E-state index in [4.69, 9.17) is 16.3 Å². The van der Waals surface area contributed by atoms with Crippen LogP contribution < -0.4 is 4.74 Å². The van der Waals surface area contributed by atoms with Gasteiger partial charge in [-0.1, -0.05) is 23.7 Å². The molecule has 0 radical (unpaired) electrons. The van der Waals surface area contributed by atoms with Crippen LogP contribution in [0.3, 0.4) is 0 Å². The molecule has 0 saturated carbocycles. The third kappa shape index (κ3) is 2.28. The van der Waals surface area contributed by atoms with Crippen molar-refractivity contribution in [2.24, 2.45) is 0 Å². The molecule has 0 saturated heterocycles. The van der Waals surface area contributed by atoms with Gasteiger partial charge in [0, 0.05) is 11.1 Å². The summed E-state index contributed by atoms with van der Waals surface area (Å²) in [5.74, 6) is 0.814. The Morgan fingerprint density at radius 2 is 1.69 bits per heavy atom. The van der Waals surface area contributed by atoms with Gasteiger partial charge in [-0.2, -0.15) is 0 Å². The Balaban J connectivity index is 2.47. The molecule has 0 aliphatic carbocycles. The van der Waals surface area contributed by atoms with E-state index >= 15 is 0 Å². The molecule has 82 valence electrons. The van der Waals surface area contributed by atoms with E-state index in [0.29, 0.717) is 10.8 Å². The first-order valence-electron chi connectivity index (χ1n) is 4.83. The van der Waals surface area contributed by atoms with Crippen molar-refractivity contribution in [3.8, 4) is 22.6 Å². The number of ether oxygens (including phenoxy) is 1. The fraction of sp³-hybridized carbons (Fsp3) is 0.0769. The Morgan fingerprint density at radius 3 is 2.31 bits per heavy atom. The Kier molecular flexibility index (Phi) is 3.02. The molecule has 0 amide bonds. The number of phenolic OH excluding ortho intramolecular Hbond substituents is 1. The van der Waals surface area contributed by atoms with E-state index in [1.165, 1.54) is 0 Å². The molecule has 0 aromatic heterocycles. The first-order valence-corrected chi connectivity index (χ1v) is 5.21. The Labute approximate surface area is 99.1 Å². The molecule has 2 aromatic carbocycles. The minimum atomic E-state index is 0.185. The van der Waals surface area contributed by atoms with Gasteiger partial charge < -0.3 is 9.84 Å². The summed E-state index contributed by atoms with van der Waals surface area (Å²) in [6.45, 7) is 0. The van der Waals surface area contributed by atoms with Crippen molar-refractivity contribution in [2.45, 2.75) is 0 Å². The third-order valence-electron chi connectivity index (χ3n) is 2.30. The van der Waals surface area contributed by atoms with Gasteiger partial charge in [0.05, 0.1) is 7.11 Å². The van der Waals surface area contributed by atoms with Crippen LogP contribution >= 0.6 is 11.6 Å². The van der Waals surface area contributed by atoms with Crippen LogP contribution in [0.4, 0.5) is 0 Å². The lowest BCUT2D eigenvalue weighted by molar-refractivity contribution is 0.408. The van der Waals surface area contributed by atoms with Gasteiger partial charge >= 0.3 is 0 Å². The Bertz CT molecular complexity index is 492. The quantitative estimate of drug-likeness (QED) is 0.858. The summed E-state index contributed by atoms with van der Waals surface area (Å²) in [7, 11) is 1.57. The maximum absolute atomic E-state index is 9.53. The highest BCUT2D eigenvalue weighted by atomic mass is 35.5. The number of methoxy groups -OCH3 is 1. The lowest BCUT2D eigenvalue weighted by atomic mass is 10.1. The van der Waals surface area contributed by atoms with Crippen molar-refractivity contribution < 1.29 is 9.84 Å². The van der Waals surface area contributed by atoms with Crippen LogP contribution in [0.5, 0.6) is 11.5 Å². The zero-order valence-corrected chi connectivity index (χ0v) is 9.53. The van der Waals surface area contributed by atoms with Crippen molar-refractivity contribution in [3.05, 3.63) is 47.5 Å². The van der Waals surface area contributed by atoms with Crippen molar-refractivity contribution in [3.63, 3.8) is 0 Å². The maximum atomic E-state index is 9.53. The first-order chi connectivity index (χ1) is 7.69. The summed E-state index contributed by atoms with van der Waals surface area (Å²) < 4.78 is 5.09. The molecule has 16 heavy (non-hydrogen) atoms. The van der Waals surface area contributed by atoms with Gasteiger partial charge in [-0.05, 0) is 35.4 Å². The summed E-state index contributed by atoms with van der Waals surface area (Å²) in [5.41, 5.74) is 1.88. The second kappa shape index (κ2) is 4.45. The van der Waals surface area contributed by atoms with Crippen molar-refractivity contribution in [2.75, 3.05) is 7.11 Å². The number of hydrogen-bond acceptors (Lipinski definition) is 2. The number of aromatic hydroxyl groups is 1. The standard InChI is InChI=1S/C13H11ClO2/c1-16-13-7-10(6-12(15)8-13)9-2-4-11(14)5-3-9/h2-8,15H,1H3. The summed E-state index contributed by atoms with van der Waals surface area (Å²) >= 11 is 5.81. The monoisotopic (exact) mass is 234 g/mol.